The van der Waals surface area contributed by atoms with Gasteiger partial charge in [0.1, 0.15) is 5.70 Å². The zero-order valence-electron chi connectivity index (χ0n) is 15.1. The topological polar surface area (TPSA) is 81.7 Å². The number of carbonyl (C=O) groups is 2. The molecule has 1 fully saturated rings. The average molecular weight is 410 g/mol. The normalized spacial score (nSPS) is 25.3. The van der Waals surface area contributed by atoms with Gasteiger partial charge in [-0.15, -0.1) is 11.8 Å². The number of aliphatic hydroxyl groups is 1. The first-order valence-electron chi connectivity index (χ1n) is 8.65. The van der Waals surface area contributed by atoms with Gasteiger partial charge in [0.15, 0.2) is 18.9 Å². The number of thioether (sulfide) groups is 1. The van der Waals surface area contributed by atoms with E-state index in [9.17, 15) is 19.8 Å². The Hall–Kier alpha value is -1.83. The van der Waals surface area contributed by atoms with Gasteiger partial charge >= 0.3 is 5.97 Å². The lowest BCUT2D eigenvalue weighted by molar-refractivity contribution is -0.688. The molecule has 1 amide bonds. The van der Waals surface area contributed by atoms with Crippen molar-refractivity contribution in [2.45, 2.75) is 37.4 Å². The van der Waals surface area contributed by atoms with E-state index in [1.807, 2.05) is 36.0 Å². The Morgan fingerprint density at radius 1 is 1.44 bits per heavy atom. The number of amides is 1. The zero-order valence-corrected chi connectivity index (χ0v) is 16.7. The summed E-state index contributed by atoms with van der Waals surface area (Å²) in [5.41, 5.74) is 0.811. The van der Waals surface area contributed by atoms with Crippen molar-refractivity contribution in [3.63, 3.8) is 0 Å². The molecule has 2 N–H and O–H groups in total. The summed E-state index contributed by atoms with van der Waals surface area (Å²) in [6, 6.07) is 3.60. The van der Waals surface area contributed by atoms with Crippen molar-refractivity contribution in [1.29, 1.82) is 0 Å². The molecule has 1 aromatic heterocycles. The van der Waals surface area contributed by atoms with Crippen molar-refractivity contribution in [3.8, 4) is 0 Å². The van der Waals surface area contributed by atoms with Gasteiger partial charge < -0.3 is 15.1 Å². The van der Waals surface area contributed by atoms with Crippen molar-refractivity contribution >= 4 is 35.2 Å². The Labute approximate surface area is 167 Å². The molecule has 6 nitrogen and oxygen atoms in total. The lowest BCUT2D eigenvalue weighted by Crippen LogP contribution is -2.63. The molecule has 144 valence electrons. The fourth-order valence-corrected chi connectivity index (χ4v) is 5.01. The number of halogens is 1. The van der Waals surface area contributed by atoms with E-state index in [4.69, 9.17) is 11.6 Å². The van der Waals surface area contributed by atoms with E-state index < -0.39 is 18.0 Å². The molecule has 8 heteroatoms. The molecule has 0 radical (unpaired) electrons. The highest BCUT2D eigenvalue weighted by atomic mass is 35.5. The quantitative estimate of drug-likeness (QED) is 0.409. The van der Waals surface area contributed by atoms with E-state index in [1.54, 1.807) is 6.92 Å². The number of fused-ring (bicyclic) bond motifs is 1. The number of pyridine rings is 1. The third-order valence-electron chi connectivity index (χ3n) is 5.13. The number of allylic oxidation sites excluding steroid dienone is 1. The van der Waals surface area contributed by atoms with Crippen molar-refractivity contribution < 1.29 is 24.4 Å². The van der Waals surface area contributed by atoms with E-state index in [0.717, 1.165) is 10.5 Å². The maximum atomic E-state index is 12.3. The summed E-state index contributed by atoms with van der Waals surface area (Å²) in [5.74, 6) is -1.56. The second kappa shape index (κ2) is 7.66. The minimum Gasteiger partial charge on any atom is -0.477 e. The second-order valence-electron chi connectivity index (χ2n) is 6.95. The number of rotatable bonds is 7. The molecule has 0 unspecified atom stereocenters. The maximum Gasteiger partial charge on any atom is 0.352 e. The molecule has 2 aliphatic heterocycles. The number of β-lactam (4-membered cyclic amide) rings is 1. The molecule has 27 heavy (non-hydrogen) atoms. The third kappa shape index (κ3) is 3.63. The van der Waals surface area contributed by atoms with Crippen LogP contribution in [0.4, 0.5) is 0 Å². The van der Waals surface area contributed by atoms with Crippen LogP contribution in [0.25, 0.3) is 0 Å². The Kier molecular flexibility index (Phi) is 5.65. The Bertz CT molecular complexity index is 822. The Morgan fingerprint density at radius 3 is 2.59 bits per heavy atom. The van der Waals surface area contributed by atoms with Crippen LogP contribution in [0.5, 0.6) is 0 Å². The number of aliphatic carboxylic acids is 1. The van der Waals surface area contributed by atoms with Gasteiger partial charge in [0.2, 0.25) is 5.91 Å². The van der Waals surface area contributed by atoms with Crippen LogP contribution in [0.1, 0.15) is 13.8 Å². The number of aliphatic hydroxyl groups excluding tert-OH is 1. The van der Waals surface area contributed by atoms with Gasteiger partial charge in [-0.25, -0.2) is 4.79 Å². The highest BCUT2D eigenvalue weighted by molar-refractivity contribution is 7.99. The molecule has 0 aliphatic carbocycles. The van der Waals surface area contributed by atoms with Crippen molar-refractivity contribution in [2.24, 2.45) is 11.8 Å². The minimum absolute atomic E-state index is 0.0753. The zero-order chi connectivity index (χ0) is 19.9. The molecular formula is C19H22ClN2O4S+. The average Bonchev–Trinajstić information content (AvgIpc) is 2.82. The highest BCUT2D eigenvalue weighted by Gasteiger charge is 2.59. The van der Waals surface area contributed by atoms with Gasteiger partial charge in [-0.3, -0.25) is 4.79 Å². The van der Waals surface area contributed by atoms with Crippen LogP contribution in [0.15, 0.2) is 52.3 Å². The van der Waals surface area contributed by atoms with Gasteiger partial charge in [-0.2, -0.15) is 4.57 Å². The van der Waals surface area contributed by atoms with E-state index in [0.29, 0.717) is 17.3 Å². The summed E-state index contributed by atoms with van der Waals surface area (Å²) in [4.78, 5) is 26.5. The molecule has 1 saturated heterocycles. The molecule has 3 rings (SSSR count). The predicted molar refractivity (Wildman–Crippen MR) is 102 cm³/mol. The van der Waals surface area contributed by atoms with Gasteiger partial charge in [0.25, 0.3) is 0 Å². The molecule has 0 bridgehead atoms. The van der Waals surface area contributed by atoms with Gasteiger partial charge in [0, 0.05) is 28.7 Å². The summed E-state index contributed by atoms with van der Waals surface area (Å²) in [7, 11) is 0. The molecule has 3 heterocycles. The first-order chi connectivity index (χ1) is 12.7. The molecule has 0 spiro atoms. The number of nitrogens with zero attached hydrogens (tertiary/aromatic N) is 2. The summed E-state index contributed by atoms with van der Waals surface area (Å²) in [6.07, 6.45) is 2.99. The highest BCUT2D eigenvalue weighted by Crippen LogP contribution is 2.48. The number of carbonyl (C=O) groups excluding carboxylic acids is 1. The molecule has 4 atom stereocenters. The van der Waals surface area contributed by atoms with Crippen molar-refractivity contribution in [2.75, 3.05) is 5.75 Å². The van der Waals surface area contributed by atoms with Crippen LogP contribution in [-0.2, 0) is 16.1 Å². The molecule has 1 aromatic rings. The number of carboxylic acids is 1. The number of aromatic nitrogens is 1. The minimum atomic E-state index is -1.09. The molecule has 0 aromatic carbocycles. The van der Waals surface area contributed by atoms with Crippen LogP contribution in [-0.4, -0.2) is 44.9 Å². The number of carboxylic acid groups (broad SMARTS) is 1. The van der Waals surface area contributed by atoms with Crippen LogP contribution >= 0.6 is 23.4 Å². The van der Waals surface area contributed by atoms with Crippen molar-refractivity contribution in [3.05, 3.63) is 47.4 Å². The van der Waals surface area contributed by atoms with Gasteiger partial charge in [0.05, 0.1) is 23.1 Å². The van der Waals surface area contributed by atoms with E-state index in [1.165, 1.54) is 16.7 Å². The second-order valence-corrected chi connectivity index (χ2v) is 8.53. The standard InChI is InChI=1S/C19H21ClN2O4S/c1-10(20)8-21-6-4-13(5-7-21)27-9-14-11(2)16-15(12(3)23)18(24)22(16)17(14)19(25)26/h4-7,11-12,15-16,23H,1,8-9H2,2-3H3/p+1/t11-,12+,15+,16+/m0/s1. The Morgan fingerprint density at radius 2 is 2.07 bits per heavy atom. The summed E-state index contributed by atoms with van der Waals surface area (Å²) in [6.45, 7) is 7.70. The molecule has 2 aliphatic rings. The summed E-state index contributed by atoms with van der Waals surface area (Å²) < 4.78 is 1.90. The first-order valence-corrected chi connectivity index (χ1v) is 10.0. The third-order valence-corrected chi connectivity index (χ3v) is 6.31. The van der Waals surface area contributed by atoms with Gasteiger partial charge in [-0.1, -0.05) is 25.1 Å². The fraction of sp³-hybridized carbons (Fsp3) is 0.421. The molecule has 0 saturated carbocycles. The largest absolute Gasteiger partial charge is 0.477 e. The van der Waals surface area contributed by atoms with Crippen LogP contribution in [0.3, 0.4) is 0 Å². The Balaban J connectivity index is 1.76. The van der Waals surface area contributed by atoms with Crippen LogP contribution < -0.4 is 4.57 Å². The summed E-state index contributed by atoms with van der Waals surface area (Å²) in [5, 5.41) is 20.1. The lowest BCUT2D eigenvalue weighted by atomic mass is 9.78. The van der Waals surface area contributed by atoms with E-state index >= 15 is 0 Å². The summed E-state index contributed by atoms with van der Waals surface area (Å²) >= 11 is 7.33. The van der Waals surface area contributed by atoms with E-state index in [-0.39, 0.29) is 23.6 Å². The van der Waals surface area contributed by atoms with Crippen molar-refractivity contribution in [1.82, 2.24) is 4.90 Å². The number of hydrogen-bond donors (Lipinski definition) is 2. The smallest absolute Gasteiger partial charge is 0.352 e. The predicted octanol–water partition coefficient (Wildman–Crippen LogP) is 2.01. The van der Waals surface area contributed by atoms with Crippen LogP contribution in [0.2, 0.25) is 0 Å². The van der Waals surface area contributed by atoms with E-state index in [2.05, 4.69) is 6.58 Å². The van der Waals surface area contributed by atoms with Gasteiger partial charge in [-0.05, 0) is 12.5 Å². The van der Waals surface area contributed by atoms with Crippen LogP contribution in [0, 0.1) is 11.8 Å². The first kappa shape index (κ1) is 19.9. The molecular weight excluding hydrogens is 388 g/mol. The lowest BCUT2D eigenvalue weighted by Gasteiger charge is -2.46. The maximum absolute atomic E-state index is 12.3. The fourth-order valence-electron chi connectivity index (χ4n) is 3.84. The monoisotopic (exact) mass is 409 g/mol. The SMILES string of the molecule is C=C(Cl)C[n+]1ccc(SCC2=C(C(=O)O)N3C(=O)[C@H]([C@@H](C)O)[C@H]3[C@H]2C)cc1. The number of hydrogen-bond acceptors (Lipinski definition) is 4.